The Hall–Kier alpha value is -1.46. The number of nitrogens with zero attached hydrogens (tertiary/aromatic N) is 2. The van der Waals surface area contributed by atoms with Gasteiger partial charge in [-0.05, 0) is 12.8 Å². The van der Waals surface area contributed by atoms with Gasteiger partial charge in [0.05, 0.1) is 6.07 Å². The molecule has 0 N–H and O–H groups in total. The number of halogens is 6. The summed E-state index contributed by atoms with van der Waals surface area (Å²) in [4.78, 5) is 12.1. The van der Waals surface area contributed by atoms with Crippen LogP contribution < -0.4 is 0 Å². The third-order valence-corrected chi connectivity index (χ3v) is 3.19. The Balaban J connectivity index is 3.04. The van der Waals surface area contributed by atoms with Gasteiger partial charge in [-0.2, -0.15) is 31.6 Å². The Kier molecular flexibility index (Phi) is 4.89. The molecule has 0 bridgehead atoms. The lowest BCUT2D eigenvalue weighted by Gasteiger charge is -2.31. The first-order valence-corrected chi connectivity index (χ1v) is 5.90. The van der Waals surface area contributed by atoms with Crippen molar-refractivity contribution >= 4 is 5.91 Å². The van der Waals surface area contributed by atoms with Crippen LogP contribution in [0.2, 0.25) is 0 Å². The largest absolute Gasteiger partial charge is 0.409 e. The van der Waals surface area contributed by atoms with Gasteiger partial charge in [0.1, 0.15) is 6.54 Å². The number of carbonyl (C=O) groups excluding carboxylic acids is 1. The first kappa shape index (κ1) is 16.6. The average molecular weight is 302 g/mol. The summed E-state index contributed by atoms with van der Waals surface area (Å²) >= 11 is 0. The lowest BCUT2D eigenvalue weighted by atomic mass is 10.0. The summed E-state index contributed by atoms with van der Waals surface area (Å²) in [5.74, 6) is -6.15. The second-order valence-corrected chi connectivity index (χ2v) is 4.58. The molecule has 0 heterocycles. The molecule has 0 radical (unpaired) electrons. The van der Waals surface area contributed by atoms with Crippen LogP contribution in [0.1, 0.15) is 25.7 Å². The van der Waals surface area contributed by atoms with E-state index in [0.29, 0.717) is 30.6 Å². The predicted molar refractivity (Wildman–Crippen MR) is 55.2 cm³/mol. The zero-order valence-corrected chi connectivity index (χ0v) is 10.3. The molecule has 1 aliphatic carbocycles. The van der Waals surface area contributed by atoms with Gasteiger partial charge in [0.2, 0.25) is 11.8 Å². The third-order valence-electron chi connectivity index (χ3n) is 3.19. The number of hydrogen-bond donors (Lipinski definition) is 0. The maximum absolute atomic E-state index is 12.5. The van der Waals surface area contributed by atoms with Crippen LogP contribution >= 0.6 is 0 Å². The highest BCUT2D eigenvalue weighted by molar-refractivity contribution is 5.81. The quantitative estimate of drug-likeness (QED) is 0.594. The van der Waals surface area contributed by atoms with Crippen molar-refractivity contribution in [2.75, 3.05) is 6.54 Å². The van der Waals surface area contributed by atoms with Crippen molar-refractivity contribution in [2.45, 2.75) is 44.1 Å². The van der Waals surface area contributed by atoms with E-state index in [-0.39, 0.29) is 0 Å². The molecule has 1 saturated carbocycles. The molecule has 0 unspecified atom stereocenters. The van der Waals surface area contributed by atoms with Gasteiger partial charge in [-0.1, -0.05) is 12.8 Å². The molecule has 1 rings (SSSR count). The number of alkyl halides is 6. The Bertz CT molecular complexity index is 377. The minimum absolute atomic E-state index is 0.315. The van der Waals surface area contributed by atoms with Gasteiger partial charge in [0.25, 0.3) is 0 Å². The van der Waals surface area contributed by atoms with E-state index in [2.05, 4.69) is 0 Å². The molecule has 0 aromatic heterocycles. The average Bonchev–Trinajstić information content (AvgIpc) is 2.74. The van der Waals surface area contributed by atoms with Gasteiger partial charge < -0.3 is 4.90 Å². The van der Waals surface area contributed by atoms with Gasteiger partial charge in [0.15, 0.2) is 0 Å². The predicted octanol–water partition coefficient (Wildman–Crippen LogP) is 3.02. The molecule has 0 aliphatic heterocycles. The van der Waals surface area contributed by atoms with Crippen LogP contribution in [-0.2, 0) is 4.79 Å². The fourth-order valence-corrected chi connectivity index (χ4v) is 2.31. The number of nitriles is 1. The van der Waals surface area contributed by atoms with Crippen molar-refractivity contribution in [3.8, 4) is 6.07 Å². The summed E-state index contributed by atoms with van der Waals surface area (Å²) in [7, 11) is 0. The van der Waals surface area contributed by atoms with E-state index in [0.717, 1.165) is 0 Å². The molecule has 3 nitrogen and oxygen atoms in total. The lowest BCUT2D eigenvalue weighted by Crippen LogP contribution is -2.52. The van der Waals surface area contributed by atoms with Gasteiger partial charge in [-0.25, -0.2) is 0 Å². The highest BCUT2D eigenvalue weighted by Crippen LogP contribution is 2.41. The summed E-state index contributed by atoms with van der Waals surface area (Å²) in [5, 5.41) is 8.53. The maximum Gasteiger partial charge on any atom is 0.409 e. The summed E-state index contributed by atoms with van der Waals surface area (Å²) in [6.45, 7) is -0.772. The summed E-state index contributed by atoms with van der Waals surface area (Å²) < 4.78 is 75.0. The fourth-order valence-electron chi connectivity index (χ4n) is 2.31. The van der Waals surface area contributed by atoms with Gasteiger partial charge in [-0.15, -0.1) is 0 Å². The normalized spacial score (nSPS) is 17.3. The molecule has 0 aromatic rings. The lowest BCUT2D eigenvalue weighted by molar-refractivity contribution is -0.278. The number of hydrogen-bond acceptors (Lipinski definition) is 2. The fraction of sp³-hybridized carbons (Fsp3) is 0.818. The highest BCUT2D eigenvalue weighted by atomic mass is 19.4. The van der Waals surface area contributed by atoms with Crippen LogP contribution in [0.15, 0.2) is 0 Å². The van der Waals surface area contributed by atoms with Crippen molar-refractivity contribution in [3.05, 3.63) is 0 Å². The standard InChI is InChI=1S/C11H12F6N2O/c12-10(13,14)8(11(15,16)17)9(20)19(6-5-18)7-3-1-2-4-7/h7-8H,1-4,6H2. The van der Waals surface area contributed by atoms with Crippen molar-refractivity contribution in [2.24, 2.45) is 5.92 Å². The van der Waals surface area contributed by atoms with Crippen molar-refractivity contribution < 1.29 is 31.1 Å². The van der Waals surface area contributed by atoms with E-state index in [1.165, 1.54) is 6.07 Å². The van der Waals surface area contributed by atoms with Crippen molar-refractivity contribution in [3.63, 3.8) is 0 Å². The SMILES string of the molecule is N#CCN(C(=O)C(C(F)(F)F)C(F)(F)F)C1CCCC1. The zero-order valence-electron chi connectivity index (χ0n) is 10.3. The molecule has 0 atom stereocenters. The second kappa shape index (κ2) is 5.89. The highest BCUT2D eigenvalue weighted by Gasteiger charge is 2.62. The van der Waals surface area contributed by atoms with Crippen molar-refractivity contribution in [1.82, 2.24) is 4.90 Å². The minimum Gasteiger partial charge on any atom is -0.326 e. The topological polar surface area (TPSA) is 44.1 Å². The van der Waals surface area contributed by atoms with Crippen molar-refractivity contribution in [1.29, 1.82) is 5.26 Å². The molecule has 0 spiro atoms. The Morgan fingerprint density at radius 2 is 1.60 bits per heavy atom. The van der Waals surface area contributed by atoms with Crippen LogP contribution in [0.4, 0.5) is 26.3 Å². The molecular formula is C11H12F6N2O. The molecule has 0 aromatic carbocycles. The van der Waals surface area contributed by atoms with Crippen LogP contribution in [0.3, 0.4) is 0 Å². The molecule has 1 fully saturated rings. The number of carbonyl (C=O) groups is 1. The van der Waals surface area contributed by atoms with Crippen LogP contribution in [0.25, 0.3) is 0 Å². The van der Waals surface area contributed by atoms with E-state index in [4.69, 9.17) is 5.26 Å². The van der Waals surface area contributed by atoms with E-state index < -0.39 is 36.8 Å². The first-order valence-electron chi connectivity index (χ1n) is 5.90. The zero-order chi connectivity index (χ0) is 15.6. The Labute approximate surface area is 111 Å². The number of amides is 1. The van der Waals surface area contributed by atoms with E-state index in [9.17, 15) is 31.1 Å². The van der Waals surface area contributed by atoms with Gasteiger partial charge in [-0.3, -0.25) is 4.79 Å². The minimum atomic E-state index is -5.72. The molecular weight excluding hydrogens is 290 g/mol. The molecule has 114 valence electrons. The second-order valence-electron chi connectivity index (χ2n) is 4.58. The monoisotopic (exact) mass is 302 g/mol. The number of rotatable bonds is 3. The summed E-state index contributed by atoms with van der Waals surface area (Å²) in [6.07, 6.45) is -9.58. The van der Waals surface area contributed by atoms with Gasteiger partial charge in [0, 0.05) is 6.04 Å². The van der Waals surface area contributed by atoms with Gasteiger partial charge >= 0.3 is 12.4 Å². The van der Waals surface area contributed by atoms with Crippen LogP contribution in [-0.4, -0.2) is 35.7 Å². The smallest absolute Gasteiger partial charge is 0.326 e. The molecule has 1 aliphatic rings. The Morgan fingerprint density at radius 3 is 1.95 bits per heavy atom. The van der Waals surface area contributed by atoms with Crippen LogP contribution in [0, 0.1) is 17.2 Å². The molecule has 20 heavy (non-hydrogen) atoms. The molecule has 0 saturated heterocycles. The first-order chi connectivity index (χ1) is 9.09. The molecule has 1 amide bonds. The molecule has 9 heteroatoms. The van der Waals surface area contributed by atoms with Crippen LogP contribution in [0.5, 0.6) is 0 Å². The van der Waals surface area contributed by atoms with E-state index in [1.807, 2.05) is 0 Å². The maximum atomic E-state index is 12.5. The Morgan fingerprint density at radius 1 is 1.15 bits per heavy atom. The summed E-state index contributed by atoms with van der Waals surface area (Å²) in [6, 6.07) is 0.726. The summed E-state index contributed by atoms with van der Waals surface area (Å²) in [5.41, 5.74) is 0. The van der Waals surface area contributed by atoms with E-state index in [1.54, 1.807) is 0 Å². The third kappa shape index (κ3) is 3.77. The van der Waals surface area contributed by atoms with E-state index >= 15 is 0 Å².